The van der Waals surface area contributed by atoms with Gasteiger partial charge in [0.05, 0.1) is 9.10 Å². The third-order valence-corrected chi connectivity index (χ3v) is 6.30. The van der Waals surface area contributed by atoms with Crippen LogP contribution in [0.5, 0.6) is 0 Å². The largest absolute Gasteiger partial charge is 0.131 e. The van der Waals surface area contributed by atoms with Gasteiger partial charge in [0.25, 0.3) is 0 Å². The van der Waals surface area contributed by atoms with Crippen molar-refractivity contribution in [1.29, 1.82) is 0 Å². The molecule has 0 unspecified atom stereocenters. The number of thiocarbonyl (C=S) groups is 1. The van der Waals surface area contributed by atoms with Gasteiger partial charge in [0, 0.05) is 0 Å². The Hall–Kier alpha value is 1.41. The van der Waals surface area contributed by atoms with Crippen LogP contribution in [-0.2, 0) is 0 Å². The van der Waals surface area contributed by atoms with Crippen molar-refractivity contribution in [2.75, 3.05) is 0 Å². The number of thioether (sulfide) groups is 1. The third-order valence-electron chi connectivity index (χ3n) is 0.765. The molecular weight excluding hydrogens is 273 g/mol. The highest BCUT2D eigenvalue weighted by Gasteiger charge is 2.06. The van der Waals surface area contributed by atoms with Gasteiger partial charge < -0.3 is 0 Å². The second-order valence-corrected chi connectivity index (χ2v) is 7.76. The van der Waals surface area contributed by atoms with Crippen molar-refractivity contribution >= 4 is 85.7 Å². The van der Waals surface area contributed by atoms with E-state index in [9.17, 15) is 0 Å². The fraction of sp³-hybridized carbons (Fsp3) is 0. The molecule has 0 radical (unpaired) electrons. The minimum Gasteiger partial charge on any atom is -0.131 e. The highest BCUT2D eigenvalue weighted by Crippen LogP contribution is 2.36. The predicted molar refractivity (Wildman–Crippen MR) is 67.7 cm³/mol. The Morgan fingerprint density at radius 3 is 2.45 bits per heavy atom. The molecular formula is C4H2S7. The lowest BCUT2D eigenvalue weighted by Crippen LogP contribution is -1.71. The zero-order valence-corrected chi connectivity index (χ0v) is 10.8. The Morgan fingerprint density at radius 2 is 2.09 bits per heavy atom. The first kappa shape index (κ1) is 10.5. The molecule has 0 bridgehead atoms. The maximum Gasteiger partial charge on any atom is 0.117 e. The van der Waals surface area contributed by atoms with Crippen LogP contribution in [0.15, 0.2) is 9.10 Å². The summed E-state index contributed by atoms with van der Waals surface area (Å²) in [6.45, 7) is 0. The van der Waals surface area contributed by atoms with Gasteiger partial charge in [0.2, 0.25) is 0 Å². The van der Waals surface area contributed by atoms with Crippen LogP contribution in [0.3, 0.4) is 0 Å². The van der Waals surface area contributed by atoms with E-state index in [-0.39, 0.29) is 0 Å². The van der Waals surface area contributed by atoms with Gasteiger partial charge in [-0.3, -0.25) is 0 Å². The molecule has 0 nitrogen and oxygen atoms in total. The summed E-state index contributed by atoms with van der Waals surface area (Å²) in [6.07, 6.45) is 0. The Labute approximate surface area is 97.6 Å². The van der Waals surface area contributed by atoms with E-state index in [0.29, 0.717) is 3.53 Å². The highest BCUT2D eigenvalue weighted by atomic mass is 32.9. The lowest BCUT2D eigenvalue weighted by atomic mass is 10.8. The molecule has 1 aromatic rings. The van der Waals surface area contributed by atoms with Crippen LogP contribution in [0.1, 0.15) is 0 Å². The predicted octanol–water partition coefficient (Wildman–Crippen LogP) is 4.13. The highest BCUT2D eigenvalue weighted by molar-refractivity contribution is 8.41. The smallest absolute Gasteiger partial charge is 0.117 e. The van der Waals surface area contributed by atoms with Gasteiger partial charge >= 0.3 is 0 Å². The lowest BCUT2D eigenvalue weighted by molar-refractivity contribution is 1.42. The van der Waals surface area contributed by atoms with E-state index < -0.39 is 0 Å². The quantitative estimate of drug-likeness (QED) is 0.342. The van der Waals surface area contributed by atoms with Crippen molar-refractivity contribution in [2.45, 2.75) is 9.10 Å². The summed E-state index contributed by atoms with van der Waals surface area (Å²) in [5, 5.41) is 0. The molecule has 0 aliphatic carbocycles. The maximum absolute atomic E-state index is 5.06. The molecule has 0 N–H and O–H groups in total. The molecule has 7 heteroatoms. The van der Waals surface area contributed by atoms with Crippen LogP contribution in [-0.4, -0.2) is 3.53 Å². The summed E-state index contributed by atoms with van der Waals surface area (Å²) in [6, 6.07) is 0. The molecule has 0 aliphatic rings. The summed E-state index contributed by atoms with van der Waals surface area (Å²) in [4.78, 5) is 0.971. The Bertz CT molecular complexity index is 317. The first-order chi connectivity index (χ1) is 5.11. The molecule has 0 spiro atoms. The molecule has 1 heterocycles. The van der Waals surface area contributed by atoms with Crippen LogP contribution in [0, 0.1) is 3.82 Å². The van der Waals surface area contributed by atoms with Crippen molar-refractivity contribution < 1.29 is 0 Å². The topological polar surface area (TPSA) is 0 Å². The van der Waals surface area contributed by atoms with Crippen molar-refractivity contribution in [3.8, 4) is 0 Å². The molecule has 1 rings (SSSR count). The molecule has 0 atom stereocenters. The van der Waals surface area contributed by atoms with E-state index in [0.717, 1.165) is 12.9 Å². The van der Waals surface area contributed by atoms with Crippen LogP contribution < -0.4 is 0 Å². The molecule has 1 aromatic heterocycles. The van der Waals surface area contributed by atoms with Gasteiger partial charge in [-0.1, -0.05) is 56.9 Å². The van der Waals surface area contributed by atoms with Crippen LogP contribution in [0.2, 0.25) is 0 Å². The van der Waals surface area contributed by atoms with Crippen LogP contribution >= 0.6 is 82.1 Å². The fourth-order valence-electron chi connectivity index (χ4n) is 0.413. The van der Waals surface area contributed by atoms with Crippen molar-refractivity contribution in [1.82, 2.24) is 0 Å². The Morgan fingerprint density at radius 1 is 1.45 bits per heavy atom. The zero-order valence-electron chi connectivity index (χ0n) is 4.94. The number of thiol groups is 2. The summed E-state index contributed by atoms with van der Waals surface area (Å²) in [5.41, 5.74) is 0. The maximum atomic E-state index is 5.06. The number of hydrogen-bond acceptors (Lipinski definition) is 6. The van der Waals surface area contributed by atoms with Gasteiger partial charge in [-0.05, 0) is 0 Å². The van der Waals surface area contributed by atoms with Gasteiger partial charge in [-0.25, -0.2) is 0 Å². The zero-order chi connectivity index (χ0) is 8.43. The normalized spacial score (nSPS) is 10.0. The Balaban J connectivity index is 3.01. The molecule has 0 amide bonds. The van der Waals surface area contributed by atoms with Crippen molar-refractivity contribution in [3.63, 3.8) is 0 Å². The fourth-order valence-corrected chi connectivity index (χ4v) is 4.97. The van der Waals surface area contributed by atoms with E-state index in [4.69, 9.17) is 24.4 Å². The SMILES string of the molecule is S=C(S)Sc1c(S)ssc1=S. The first-order valence-electron chi connectivity index (χ1n) is 2.34. The molecule has 0 saturated carbocycles. The van der Waals surface area contributed by atoms with Gasteiger partial charge in [-0.15, -0.1) is 25.3 Å². The molecule has 0 aliphatic heterocycles. The van der Waals surface area contributed by atoms with Crippen LogP contribution in [0.4, 0.5) is 0 Å². The van der Waals surface area contributed by atoms with Crippen molar-refractivity contribution in [3.05, 3.63) is 3.82 Å². The van der Waals surface area contributed by atoms with E-state index in [2.05, 4.69) is 25.3 Å². The first-order valence-corrected chi connectivity index (χ1v) is 7.02. The molecule has 0 saturated heterocycles. The molecule has 11 heavy (non-hydrogen) atoms. The average Bonchev–Trinajstić information content (AvgIpc) is 2.18. The third kappa shape index (κ3) is 2.98. The summed E-state index contributed by atoms with van der Waals surface area (Å²) >= 11 is 19.5. The second-order valence-electron chi connectivity index (χ2n) is 1.46. The summed E-state index contributed by atoms with van der Waals surface area (Å²) in [7, 11) is 3.10. The van der Waals surface area contributed by atoms with E-state index in [1.807, 2.05) is 0 Å². The lowest BCUT2D eigenvalue weighted by Gasteiger charge is -1.92. The number of rotatable bonds is 1. The minimum atomic E-state index is 0.581. The average molecular weight is 275 g/mol. The standard InChI is InChI=1S/C4H2S7/c5-2-1(9-4(7)8)3(6)11-10-2/h5H,(H,7,8). The monoisotopic (exact) mass is 274 g/mol. The number of hydrogen-bond donors (Lipinski definition) is 2. The molecule has 0 fully saturated rings. The summed E-state index contributed by atoms with van der Waals surface area (Å²) < 4.78 is 2.36. The van der Waals surface area contributed by atoms with Crippen molar-refractivity contribution in [2.24, 2.45) is 0 Å². The Kier molecular flexibility index (Phi) is 4.38. The van der Waals surface area contributed by atoms with Gasteiger partial charge in [-0.2, -0.15) is 0 Å². The van der Waals surface area contributed by atoms with E-state index >= 15 is 0 Å². The molecule has 0 aromatic carbocycles. The van der Waals surface area contributed by atoms with E-state index in [1.165, 1.54) is 22.1 Å². The second kappa shape index (κ2) is 4.59. The van der Waals surface area contributed by atoms with E-state index in [1.54, 1.807) is 10.3 Å². The summed E-state index contributed by atoms with van der Waals surface area (Å²) in [5.74, 6) is 0. The van der Waals surface area contributed by atoms with Crippen LogP contribution in [0.25, 0.3) is 0 Å². The van der Waals surface area contributed by atoms with Gasteiger partial charge in [0.1, 0.15) is 7.35 Å². The minimum absolute atomic E-state index is 0.581. The van der Waals surface area contributed by atoms with Gasteiger partial charge in [0.15, 0.2) is 0 Å². The molecule has 60 valence electrons.